The second-order valence-electron chi connectivity index (χ2n) is 10.1. The van der Waals surface area contributed by atoms with Crippen molar-refractivity contribution in [2.45, 2.75) is 19.3 Å². The highest BCUT2D eigenvalue weighted by Gasteiger charge is 2.36. The SMILES string of the molecule is CC1(C)c2cc3ccccc3cc2-c2cc3c(cc21)c1ccccc1n3-c1nc2ccccc2o1. The Morgan fingerprint density at radius 3 is 2.20 bits per heavy atom. The number of para-hydroxylation sites is 3. The van der Waals surface area contributed by atoms with Crippen molar-refractivity contribution in [2.24, 2.45) is 0 Å². The monoisotopic (exact) mass is 450 g/mol. The first-order valence-electron chi connectivity index (χ1n) is 12.1. The molecule has 0 amide bonds. The zero-order chi connectivity index (χ0) is 23.3. The minimum absolute atomic E-state index is 0.0797. The predicted molar refractivity (Wildman–Crippen MR) is 143 cm³/mol. The van der Waals surface area contributed by atoms with E-state index in [0.717, 1.165) is 22.1 Å². The molecule has 0 saturated heterocycles. The van der Waals surface area contributed by atoms with Crippen LogP contribution in [0.5, 0.6) is 0 Å². The largest absolute Gasteiger partial charge is 0.423 e. The van der Waals surface area contributed by atoms with Crippen molar-refractivity contribution in [3.05, 3.63) is 108 Å². The fourth-order valence-electron chi connectivity index (χ4n) is 6.04. The van der Waals surface area contributed by atoms with Gasteiger partial charge in [0.25, 0.3) is 0 Å². The quantitative estimate of drug-likeness (QED) is 0.251. The number of hydrogen-bond acceptors (Lipinski definition) is 2. The Kier molecular flexibility index (Phi) is 3.47. The van der Waals surface area contributed by atoms with E-state index in [0.29, 0.717) is 6.01 Å². The van der Waals surface area contributed by atoms with Gasteiger partial charge in [-0.2, -0.15) is 4.98 Å². The van der Waals surface area contributed by atoms with E-state index < -0.39 is 0 Å². The van der Waals surface area contributed by atoms with Crippen LogP contribution in [0.2, 0.25) is 0 Å². The molecule has 0 spiro atoms. The average molecular weight is 451 g/mol. The van der Waals surface area contributed by atoms with Crippen LogP contribution < -0.4 is 0 Å². The van der Waals surface area contributed by atoms with E-state index in [9.17, 15) is 0 Å². The Morgan fingerprint density at radius 1 is 0.657 bits per heavy atom. The second-order valence-corrected chi connectivity index (χ2v) is 10.1. The first-order chi connectivity index (χ1) is 17.1. The van der Waals surface area contributed by atoms with Crippen LogP contribution in [0.1, 0.15) is 25.0 Å². The summed E-state index contributed by atoms with van der Waals surface area (Å²) in [6.45, 7) is 4.69. The number of hydrogen-bond donors (Lipinski definition) is 0. The lowest BCUT2D eigenvalue weighted by Gasteiger charge is -2.22. The summed E-state index contributed by atoms with van der Waals surface area (Å²) < 4.78 is 8.45. The lowest BCUT2D eigenvalue weighted by Crippen LogP contribution is -2.14. The third-order valence-electron chi connectivity index (χ3n) is 7.81. The lowest BCUT2D eigenvalue weighted by atomic mass is 9.81. The van der Waals surface area contributed by atoms with Crippen molar-refractivity contribution >= 4 is 43.7 Å². The normalized spacial score (nSPS) is 14.2. The van der Waals surface area contributed by atoms with Crippen molar-refractivity contribution < 1.29 is 4.42 Å². The first kappa shape index (κ1) is 19.0. The molecular formula is C32H22N2O. The van der Waals surface area contributed by atoms with Crippen LogP contribution in [0, 0.1) is 0 Å². The Balaban J connectivity index is 1.50. The second kappa shape index (κ2) is 6.39. The molecule has 8 rings (SSSR count). The Hall–Kier alpha value is -4.37. The molecule has 0 saturated carbocycles. The fraction of sp³-hybridized carbons (Fsp3) is 0.0938. The smallest absolute Gasteiger partial charge is 0.307 e. The average Bonchev–Trinajstić information content (AvgIpc) is 3.51. The molecule has 35 heavy (non-hydrogen) atoms. The molecule has 166 valence electrons. The van der Waals surface area contributed by atoms with Gasteiger partial charge in [0, 0.05) is 16.2 Å². The summed E-state index contributed by atoms with van der Waals surface area (Å²) in [6, 6.07) is 35.2. The highest BCUT2D eigenvalue weighted by molar-refractivity contribution is 6.11. The third-order valence-corrected chi connectivity index (χ3v) is 7.81. The minimum atomic E-state index is -0.0797. The van der Waals surface area contributed by atoms with Crippen molar-refractivity contribution in [1.29, 1.82) is 0 Å². The van der Waals surface area contributed by atoms with Gasteiger partial charge >= 0.3 is 6.01 Å². The van der Waals surface area contributed by atoms with Crippen molar-refractivity contribution in [3.63, 3.8) is 0 Å². The molecule has 7 aromatic rings. The minimum Gasteiger partial charge on any atom is -0.423 e. The van der Waals surface area contributed by atoms with E-state index in [2.05, 4.69) is 91.2 Å². The van der Waals surface area contributed by atoms with Crippen molar-refractivity contribution in [1.82, 2.24) is 9.55 Å². The van der Waals surface area contributed by atoms with Gasteiger partial charge in [0.15, 0.2) is 5.58 Å². The van der Waals surface area contributed by atoms with Crippen LogP contribution >= 0.6 is 0 Å². The molecule has 2 heterocycles. The van der Waals surface area contributed by atoms with Crippen LogP contribution in [0.3, 0.4) is 0 Å². The zero-order valence-corrected chi connectivity index (χ0v) is 19.5. The Bertz CT molecular complexity index is 1950. The molecule has 5 aromatic carbocycles. The van der Waals surface area contributed by atoms with Crippen LogP contribution in [0.15, 0.2) is 101 Å². The van der Waals surface area contributed by atoms with Gasteiger partial charge in [-0.3, -0.25) is 4.57 Å². The highest BCUT2D eigenvalue weighted by atomic mass is 16.4. The van der Waals surface area contributed by atoms with E-state index in [-0.39, 0.29) is 5.41 Å². The summed E-state index contributed by atoms with van der Waals surface area (Å²) in [5.41, 5.74) is 9.18. The van der Waals surface area contributed by atoms with Gasteiger partial charge in [-0.25, -0.2) is 0 Å². The number of benzene rings is 5. The van der Waals surface area contributed by atoms with Gasteiger partial charge in [-0.15, -0.1) is 0 Å². The van der Waals surface area contributed by atoms with Gasteiger partial charge in [0.1, 0.15) is 5.52 Å². The lowest BCUT2D eigenvalue weighted by molar-refractivity contribution is 0.574. The van der Waals surface area contributed by atoms with Gasteiger partial charge < -0.3 is 4.42 Å². The van der Waals surface area contributed by atoms with Crippen molar-refractivity contribution in [3.8, 4) is 17.1 Å². The van der Waals surface area contributed by atoms with Gasteiger partial charge in [-0.05, 0) is 75.5 Å². The summed E-state index contributed by atoms with van der Waals surface area (Å²) in [6.07, 6.45) is 0. The van der Waals surface area contributed by atoms with E-state index in [1.165, 1.54) is 43.8 Å². The van der Waals surface area contributed by atoms with E-state index >= 15 is 0 Å². The molecule has 0 N–H and O–H groups in total. The fourth-order valence-corrected chi connectivity index (χ4v) is 6.04. The maximum absolute atomic E-state index is 6.27. The molecule has 0 radical (unpaired) electrons. The topological polar surface area (TPSA) is 31.0 Å². The van der Waals surface area contributed by atoms with Crippen LogP contribution in [-0.2, 0) is 5.41 Å². The first-order valence-corrected chi connectivity index (χ1v) is 12.1. The van der Waals surface area contributed by atoms with Crippen molar-refractivity contribution in [2.75, 3.05) is 0 Å². The van der Waals surface area contributed by atoms with Crippen LogP contribution in [-0.4, -0.2) is 9.55 Å². The summed E-state index contributed by atoms with van der Waals surface area (Å²) >= 11 is 0. The summed E-state index contributed by atoms with van der Waals surface area (Å²) in [5, 5.41) is 5.00. The summed E-state index contributed by atoms with van der Waals surface area (Å²) in [7, 11) is 0. The molecule has 1 aliphatic rings. The molecule has 0 bridgehead atoms. The molecule has 0 atom stereocenters. The highest BCUT2D eigenvalue weighted by Crippen LogP contribution is 2.52. The molecule has 0 aliphatic heterocycles. The van der Waals surface area contributed by atoms with Gasteiger partial charge in [0.2, 0.25) is 0 Å². The van der Waals surface area contributed by atoms with E-state index in [4.69, 9.17) is 9.40 Å². The standard InChI is InChI=1S/C32H22N2O/c1-32(2)25-16-20-10-4-3-9-19(20)15-22(25)23-18-29-24(17-26(23)32)21-11-5-7-13-28(21)34(29)31-33-27-12-6-8-14-30(27)35-31/h3-18H,1-2H3. The molecule has 0 fully saturated rings. The Morgan fingerprint density at radius 2 is 1.34 bits per heavy atom. The van der Waals surface area contributed by atoms with Crippen LogP contribution in [0.25, 0.3) is 60.8 Å². The zero-order valence-electron chi connectivity index (χ0n) is 19.5. The molecular weight excluding hydrogens is 428 g/mol. The number of fused-ring (bicyclic) bond motifs is 8. The maximum atomic E-state index is 6.27. The Labute approximate surface area is 202 Å². The molecule has 0 unspecified atom stereocenters. The molecule has 3 nitrogen and oxygen atoms in total. The third kappa shape index (κ3) is 2.42. The van der Waals surface area contributed by atoms with Gasteiger partial charge in [-0.1, -0.05) is 68.4 Å². The molecule has 3 heteroatoms. The maximum Gasteiger partial charge on any atom is 0.307 e. The number of rotatable bonds is 1. The molecule has 1 aliphatic carbocycles. The van der Waals surface area contributed by atoms with Gasteiger partial charge in [0.05, 0.1) is 11.0 Å². The van der Waals surface area contributed by atoms with E-state index in [1.807, 2.05) is 24.3 Å². The van der Waals surface area contributed by atoms with E-state index in [1.54, 1.807) is 0 Å². The van der Waals surface area contributed by atoms with Crippen LogP contribution in [0.4, 0.5) is 0 Å². The number of aromatic nitrogens is 2. The number of oxazole rings is 1. The predicted octanol–water partition coefficient (Wildman–Crippen LogP) is 8.38. The summed E-state index contributed by atoms with van der Waals surface area (Å²) in [5.74, 6) is 0. The summed E-state index contributed by atoms with van der Waals surface area (Å²) in [4.78, 5) is 4.86. The molecule has 2 aromatic heterocycles. The number of nitrogens with zero attached hydrogens (tertiary/aromatic N) is 2.